The van der Waals surface area contributed by atoms with Gasteiger partial charge in [0.15, 0.2) is 0 Å². The van der Waals surface area contributed by atoms with Gasteiger partial charge in [-0.2, -0.15) is 0 Å². The van der Waals surface area contributed by atoms with Crippen molar-refractivity contribution in [2.45, 2.75) is 26.3 Å². The fraction of sp³-hybridized carbons (Fsp3) is 0.462. The molecule has 4 heteroatoms. The summed E-state index contributed by atoms with van der Waals surface area (Å²) in [7, 11) is 0. The normalized spacial score (nSPS) is 12.1. The van der Waals surface area contributed by atoms with Gasteiger partial charge in [-0.3, -0.25) is 4.79 Å². The van der Waals surface area contributed by atoms with Gasteiger partial charge in [-0.05, 0) is 30.7 Å². The Kier molecular flexibility index (Phi) is 5.49. The first kappa shape index (κ1) is 13.5. The smallest absolute Gasteiger partial charge is 0.239 e. The lowest BCUT2D eigenvalue weighted by atomic mass is 10.1. The van der Waals surface area contributed by atoms with E-state index in [2.05, 4.69) is 12.2 Å². The number of amides is 1. The second-order valence-electron chi connectivity index (χ2n) is 3.81. The number of hydrogen-bond donors (Lipinski definition) is 2. The minimum Gasteiger partial charge on any atom is -0.494 e. The molecule has 0 saturated heterocycles. The fourth-order valence-electron chi connectivity index (χ4n) is 1.56. The average molecular weight is 236 g/mol. The maximum Gasteiger partial charge on any atom is 0.239 e. The van der Waals surface area contributed by atoms with Gasteiger partial charge in [0.2, 0.25) is 5.91 Å². The first-order chi connectivity index (χ1) is 8.19. The molecule has 0 aliphatic heterocycles. The van der Waals surface area contributed by atoms with Crippen LogP contribution in [0, 0.1) is 0 Å². The third-order valence-electron chi connectivity index (χ3n) is 2.38. The predicted octanol–water partition coefficient (Wildman–Crippen LogP) is 1.61. The molecule has 0 aromatic heterocycles. The van der Waals surface area contributed by atoms with Gasteiger partial charge >= 0.3 is 0 Å². The zero-order valence-electron chi connectivity index (χ0n) is 10.4. The van der Waals surface area contributed by atoms with E-state index in [9.17, 15) is 4.79 Å². The van der Waals surface area contributed by atoms with Gasteiger partial charge in [0.1, 0.15) is 11.8 Å². The first-order valence-electron chi connectivity index (χ1n) is 5.94. The van der Waals surface area contributed by atoms with Crippen molar-refractivity contribution in [2.75, 3.05) is 13.2 Å². The molecule has 0 radical (unpaired) electrons. The van der Waals surface area contributed by atoms with Gasteiger partial charge in [-0.25, -0.2) is 0 Å². The average Bonchev–Trinajstić information content (AvgIpc) is 2.34. The number of carbonyl (C=O) groups excluding carboxylic acids is 1. The molecule has 0 bridgehead atoms. The van der Waals surface area contributed by atoms with Crippen molar-refractivity contribution in [3.8, 4) is 5.75 Å². The first-order valence-corrected chi connectivity index (χ1v) is 5.94. The number of benzene rings is 1. The predicted molar refractivity (Wildman–Crippen MR) is 67.8 cm³/mol. The molecule has 1 rings (SSSR count). The summed E-state index contributed by atoms with van der Waals surface area (Å²) in [4.78, 5) is 11.3. The number of ether oxygens (including phenoxy) is 1. The highest BCUT2D eigenvalue weighted by molar-refractivity contribution is 5.81. The lowest BCUT2D eigenvalue weighted by Gasteiger charge is -2.15. The van der Waals surface area contributed by atoms with Crippen LogP contribution in [-0.4, -0.2) is 19.1 Å². The summed E-state index contributed by atoms with van der Waals surface area (Å²) >= 11 is 0. The second-order valence-corrected chi connectivity index (χ2v) is 3.81. The van der Waals surface area contributed by atoms with Crippen molar-refractivity contribution < 1.29 is 9.53 Å². The summed E-state index contributed by atoms with van der Waals surface area (Å²) in [6, 6.07) is 7.02. The van der Waals surface area contributed by atoms with Gasteiger partial charge in [0.25, 0.3) is 0 Å². The van der Waals surface area contributed by atoms with Gasteiger partial charge in [-0.15, -0.1) is 0 Å². The molecule has 0 heterocycles. The van der Waals surface area contributed by atoms with Crippen LogP contribution in [0.2, 0.25) is 0 Å². The number of carbonyl (C=O) groups is 1. The summed E-state index contributed by atoms with van der Waals surface area (Å²) in [5.41, 5.74) is 6.20. The molecule has 1 aromatic rings. The Hall–Kier alpha value is -1.55. The highest BCUT2D eigenvalue weighted by Gasteiger charge is 2.15. The third kappa shape index (κ3) is 4.07. The van der Waals surface area contributed by atoms with Crippen LogP contribution in [0.1, 0.15) is 31.9 Å². The number of hydrogen-bond acceptors (Lipinski definition) is 3. The van der Waals surface area contributed by atoms with E-state index in [1.54, 1.807) is 0 Å². The molecule has 1 atom stereocenters. The quantitative estimate of drug-likeness (QED) is 0.756. The van der Waals surface area contributed by atoms with Crippen LogP contribution >= 0.6 is 0 Å². The zero-order valence-corrected chi connectivity index (χ0v) is 10.4. The molecule has 94 valence electrons. The number of likely N-dealkylation sites (N-methyl/N-ethyl adjacent to an activating group) is 1. The molecule has 4 nitrogen and oxygen atoms in total. The number of primary amides is 1. The molecule has 3 N–H and O–H groups in total. The highest BCUT2D eigenvalue weighted by Crippen LogP contribution is 2.17. The van der Waals surface area contributed by atoms with Crippen LogP contribution < -0.4 is 15.8 Å². The Morgan fingerprint density at radius 3 is 2.47 bits per heavy atom. The van der Waals surface area contributed by atoms with Gasteiger partial charge in [0.05, 0.1) is 6.61 Å². The minimum atomic E-state index is -0.430. The summed E-state index contributed by atoms with van der Waals surface area (Å²) in [5.74, 6) is 0.449. The van der Waals surface area contributed by atoms with Gasteiger partial charge in [-0.1, -0.05) is 26.0 Å². The molecule has 1 unspecified atom stereocenters. The molecule has 1 aromatic carbocycles. The summed E-state index contributed by atoms with van der Waals surface area (Å²) < 4.78 is 5.47. The summed E-state index contributed by atoms with van der Waals surface area (Å²) in [6.45, 7) is 5.39. The van der Waals surface area contributed by atoms with E-state index in [1.165, 1.54) is 0 Å². The molecule has 0 fully saturated rings. The number of nitrogens with two attached hydrogens (primary N) is 1. The van der Waals surface area contributed by atoms with E-state index in [1.807, 2.05) is 31.2 Å². The molecule has 17 heavy (non-hydrogen) atoms. The Labute approximate surface area is 102 Å². The Morgan fingerprint density at radius 1 is 1.35 bits per heavy atom. The van der Waals surface area contributed by atoms with E-state index in [0.29, 0.717) is 13.2 Å². The van der Waals surface area contributed by atoms with Crippen molar-refractivity contribution in [3.63, 3.8) is 0 Å². The second kappa shape index (κ2) is 6.91. The SMILES string of the molecule is CCCOc1ccc(C(NCC)C(N)=O)cc1. The van der Waals surface area contributed by atoms with Crippen molar-refractivity contribution in [2.24, 2.45) is 5.73 Å². The van der Waals surface area contributed by atoms with Crippen molar-refractivity contribution in [3.05, 3.63) is 29.8 Å². The van der Waals surface area contributed by atoms with Crippen LogP contribution in [-0.2, 0) is 4.79 Å². The van der Waals surface area contributed by atoms with Crippen LogP contribution in [0.5, 0.6) is 5.75 Å². The largest absolute Gasteiger partial charge is 0.494 e. The number of nitrogens with one attached hydrogen (secondary N) is 1. The topological polar surface area (TPSA) is 64.3 Å². The molecule has 0 aliphatic carbocycles. The zero-order chi connectivity index (χ0) is 12.7. The van der Waals surface area contributed by atoms with Crippen molar-refractivity contribution >= 4 is 5.91 Å². The molecular formula is C13H20N2O2. The van der Waals surface area contributed by atoms with Crippen LogP contribution in [0.4, 0.5) is 0 Å². The van der Waals surface area contributed by atoms with Crippen LogP contribution in [0.25, 0.3) is 0 Å². The molecule has 0 saturated carbocycles. The van der Waals surface area contributed by atoms with E-state index in [-0.39, 0.29) is 5.91 Å². The summed E-state index contributed by atoms with van der Waals surface area (Å²) in [5, 5.41) is 3.05. The highest BCUT2D eigenvalue weighted by atomic mass is 16.5. The Morgan fingerprint density at radius 2 is 2.00 bits per heavy atom. The lowest BCUT2D eigenvalue weighted by Crippen LogP contribution is -2.33. The Bertz CT molecular complexity index is 349. The molecular weight excluding hydrogens is 216 g/mol. The number of rotatable bonds is 7. The van der Waals surface area contributed by atoms with E-state index < -0.39 is 6.04 Å². The monoisotopic (exact) mass is 236 g/mol. The van der Waals surface area contributed by atoms with Crippen molar-refractivity contribution in [1.82, 2.24) is 5.32 Å². The molecule has 1 amide bonds. The fourth-order valence-corrected chi connectivity index (χ4v) is 1.56. The molecule has 0 aliphatic rings. The molecule has 0 spiro atoms. The van der Waals surface area contributed by atoms with Gasteiger partial charge in [0, 0.05) is 0 Å². The standard InChI is InChI=1S/C13H20N2O2/c1-3-9-17-11-7-5-10(6-8-11)12(13(14)16)15-4-2/h5-8,12,15H,3-4,9H2,1-2H3,(H2,14,16). The minimum absolute atomic E-state index is 0.367. The van der Waals surface area contributed by atoms with Gasteiger partial charge < -0.3 is 15.8 Å². The maximum atomic E-state index is 11.3. The van der Waals surface area contributed by atoms with E-state index >= 15 is 0 Å². The van der Waals surface area contributed by atoms with Crippen LogP contribution in [0.3, 0.4) is 0 Å². The van der Waals surface area contributed by atoms with Crippen LogP contribution in [0.15, 0.2) is 24.3 Å². The van der Waals surface area contributed by atoms with Crippen molar-refractivity contribution in [1.29, 1.82) is 0 Å². The lowest BCUT2D eigenvalue weighted by molar-refractivity contribution is -0.120. The van der Waals surface area contributed by atoms with E-state index in [4.69, 9.17) is 10.5 Å². The Balaban J connectivity index is 2.73. The third-order valence-corrected chi connectivity index (χ3v) is 2.38. The maximum absolute atomic E-state index is 11.3. The summed E-state index contributed by atoms with van der Waals surface area (Å²) in [6.07, 6.45) is 0.975. The van der Waals surface area contributed by atoms with E-state index in [0.717, 1.165) is 17.7 Å².